The van der Waals surface area contributed by atoms with E-state index in [1.165, 1.54) is 23.5 Å². The number of carboxylic acids is 1. The summed E-state index contributed by atoms with van der Waals surface area (Å²) in [5, 5.41) is 8.97. The van der Waals surface area contributed by atoms with Crippen molar-refractivity contribution in [2.75, 3.05) is 0 Å². The molecule has 1 aromatic heterocycles. The van der Waals surface area contributed by atoms with Gasteiger partial charge in [-0.15, -0.1) is 23.1 Å². The average Bonchev–Trinajstić information content (AvgIpc) is 2.72. The van der Waals surface area contributed by atoms with Crippen LogP contribution in [0.25, 0.3) is 10.4 Å². The molecule has 0 radical (unpaired) electrons. The molecule has 0 saturated heterocycles. The number of thioether (sulfide) groups is 1. The molecule has 3 rings (SSSR count). The maximum atomic E-state index is 13.1. The molecule has 1 aliphatic rings. The monoisotopic (exact) mass is 266 g/mol. The summed E-state index contributed by atoms with van der Waals surface area (Å²) >= 11 is 2.80. The van der Waals surface area contributed by atoms with Crippen molar-refractivity contribution in [1.29, 1.82) is 0 Å². The van der Waals surface area contributed by atoms with Gasteiger partial charge in [-0.2, -0.15) is 0 Å². The van der Waals surface area contributed by atoms with Gasteiger partial charge in [0.05, 0.1) is 0 Å². The van der Waals surface area contributed by atoms with Crippen molar-refractivity contribution in [3.63, 3.8) is 0 Å². The van der Waals surface area contributed by atoms with E-state index in [4.69, 9.17) is 5.11 Å². The van der Waals surface area contributed by atoms with Gasteiger partial charge in [-0.05, 0) is 29.8 Å². The molecular weight excluding hydrogens is 259 g/mol. The van der Waals surface area contributed by atoms with Gasteiger partial charge < -0.3 is 5.11 Å². The third kappa shape index (κ3) is 1.75. The predicted octanol–water partition coefficient (Wildman–Crippen LogP) is 3.86. The van der Waals surface area contributed by atoms with Crippen molar-refractivity contribution < 1.29 is 14.3 Å². The smallest absolute Gasteiger partial charge is 0.345 e. The fourth-order valence-corrected chi connectivity index (χ4v) is 4.10. The number of aromatic carboxylic acids is 1. The Morgan fingerprint density at radius 2 is 2.18 bits per heavy atom. The Kier molecular flexibility index (Phi) is 2.45. The Morgan fingerprint density at radius 1 is 1.35 bits per heavy atom. The van der Waals surface area contributed by atoms with Crippen LogP contribution in [0, 0.1) is 5.82 Å². The van der Waals surface area contributed by atoms with Crippen molar-refractivity contribution in [3.8, 4) is 10.4 Å². The maximum absolute atomic E-state index is 13.1. The zero-order valence-corrected chi connectivity index (χ0v) is 10.2. The first-order valence-corrected chi connectivity index (χ1v) is 6.74. The van der Waals surface area contributed by atoms with E-state index >= 15 is 0 Å². The van der Waals surface area contributed by atoms with Crippen LogP contribution in [-0.2, 0) is 5.75 Å². The standard InChI is InChI=1S/C12H7FO2S2/c13-7-1-2-8-9(4-7)16-5-6-3-10(12(14)15)17-11(6)8/h1-4H,5H2,(H,14,15). The zero-order chi connectivity index (χ0) is 12.0. The van der Waals surface area contributed by atoms with Crippen molar-refractivity contribution in [2.24, 2.45) is 0 Å². The van der Waals surface area contributed by atoms with Crippen molar-refractivity contribution in [3.05, 3.63) is 40.5 Å². The van der Waals surface area contributed by atoms with Crippen LogP contribution in [0.15, 0.2) is 29.2 Å². The second-order valence-corrected chi connectivity index (χ2v) is 5.77. The summed E-state index contributed by atoms with van der Waals surface area (Å²) in [6, 6.07) is 6.34. The number of carbonyl (C=O) groups is 1. The van der Waals surface area contributed by atoms with E-state index in [1.54, 1.807) is 23.9 Å². The lowest BCUT2D eigenvalue weighted by molar-refractivity contribution is 0.0702. The normalized spacial score (nSPS) is 13.0. The Balaban J connectivity index is 2.19. The molecule has 0 atom stereocenters. The molecule has 0 saturated carbocycles. The molecule has 86 valence electrons. The van der Waals surface area contributed by atoms with Gasteiger partial charge in [-0.1, -0.05) is 0 Å². The van der Waals surface area contributed by atoms with Crippen molar-refractivity contribution >= 4 is 29.1 Å². The molecule has 0 spiro atoms. The number of carboxylic acid groups (broad SMARTS) is 1. The van der Waals surface area contributed by atoms with Gasteiger partial charge >= 0.3 is 5.97 Å². The Labute approximate surface area is 105 Å². The number of thiophene rings is 1. The van der Waals surface area contributed by atoms with E-state index in [1.807, 2.05) is 0 Å². The number of halogens is 1. The van der Waals surface area contributed by atoms with E-state index in [-0.39, 0.29) is 5.82 Å². The van der Waals surface area contributed by atoms with Gasteiger partial charge in [0.15, 0.2) is 0 Å². The van der Waals surface area contributed by atoms with Gasteiger partial charge in [-0.25, -0.2) is 9.18 Å². The van der Waals surface area contributed by atoms with E-state index in [9.17, 15) is 9.18 Å². The van der Waals surface area contributed by atoms with Crippen molar-refractivity contribution in [2.45, 2.75) is 10.6 Å². The highest BCUT2D eigenvalue weighted by Crippen LogP contribution is 2.45. The highest BCUT2D eigenvalue weighted by Gasteiger charge is 2.22. The van der Waals surface area contributed by atoms with E-state index in [0.29, 0.717) is 10.6 Å². The molecule has 5 heteroatoms. The summed E-state index contributed by atoms with van der Waals surface area (Å²) in [6.07, 6.45) is 0. The molecule has 2 nitrogen and oxygen atoms in total. The Morgan fingerprint density at radius 3 is 2.94 bits per heavy atom. The number of fused-ring (bicyclic) bond motifs is 3. The molecule has 0 aliphatic carbocycles. The fourth-order valence-electron chi connectivity index (χ4n) is 1.83. The van der Waals surface area contributed by atoms with Crippen LogP contribution < -0.4 is 0 Å². The summed E-state index contributed by atoms with van der Waals surface area (Å²) in [5.41, 5.74) is 1.96. The van der Waals surface area contributed by atoms with Crippen LogP contribution in [-0.4, -0.2) is 11.1 Å². The first kappa shape index (κ1) is 10.8. The van der Waals surface area contributed by atoms with E-state index < -0.39 is 5.97 Å². The lowest BCUT2D eigenvalue weighted by Gasteiger charge is -2.15. The summed E-state index contributed by atoms with van der Waals surface area (Å²) in [6.45, 7) is 0. The van der Waals surface area contributed by atoms with Crippen LogP contribution in [0.4, 0.5) is 4.39 Å². The minimum atomic E-state index is -0.905. The lowest BCUT2D eigenvalue weighted by Crippen LogP contribution is -1.92. The number of hydrogen-bond donors (Lipinski definition) is 1. The molecule has 1 aliphatic heterocycles. The third-order valence-corrected chi connectivity index (χ3v) is 4.89. The van der Waals surface area contributed by atoms with Gasteiger partial charge in [-0.3, -0.25) is 0 Å². The molecule has 0 bridgehead atoms. The minimum Gasteiger partial charge on any atom is -0.477 e. The molecule has 0 unspecified atom stereocenters. The zero-order valence-electron chi connectivity index (χ0n) is 8.57. The van der Waals surface area contributed by atoms with Crippen LogP contribution in [0.5, 0.6) is 0 Å². The van der Waals surface area contributed by atoms with E-state index in [0.717, 1.165) is 20.9 Å². The van der Waals surface area contributed by atoms with Gasteiger partial charge in [0.1, 0.15) is 10.7 Å². The highest BCUT2D eigenvalue weighted by atomic mass is 32.2. The van der Waals surface area contributed by atoms with Crippen LogP contribution in [0.3, 0.4) is 0 Å². The topological polar surface area (TPSA) is 37.3 Å². The highest BCUT2D eigenvalue weighted by molar-refractivity contribution is 7.98. The molecule has 0 amide bonds. The molecule has 2 heterocycles. The molecular formula is C12H7FO2S2. The largest absolute Gasteiger partial charge is 0.477 e. The van der Waals surface area contributed by atoms with Gasteiger partial charge in [0.25, 0.3) is 0 Å². The quantitative estimate of drug-likeness (QED) is 0.851. The lowest BCUT2D eigenvalue weighted by atomic mass is 10.1. The summed E-state index contributed by atoms with van der Waals surface area (Å²) in [5.74, 6) is -0.456. The first-order valence-electron chi connectivity index (χ1n) is 4.94. The number of hydrogen-bond acceptors (Lipinski definition) is 3. The molecule has 2 aromatic rings. The van der Waals surface area contributed by atoms with Gasteiger partial charge in [0, 0.05) is 21.1 Å². The Hall–Kier alpha value is -1.33. The summed E-state index contributed by atoms with van der Waals surface area (Å²) in [4.78, 5) is 13.1. The van der Waals surface area contributed by atoms with Crippen LogP contribution in [0.2, 0.25) is 0 Å². The fraction of sp³-hybridized carbons (Fsp3) is 0.0833. The SMILES string of the molecule is O=C(O)c1cc2c(s1)-c1ccc(F)cc1SC2. The molecule has 1 N–H and O–H groups in total. The second-order valence-electron chi connectivity index (χ2n) is 3.70. The average molecular weight is 266 g/mol. The van der Waals surface area contributed by atoms with Crippen LogP contribution >= 0.6 is 23.1 Å². The molecule has 1 aromatic carbocycles. The second kappa shape index (κ2) is 3.85. The van der Waals surface area contributed by atoms with Crippen molar-refractivity contribution in [1.82, 2.24) is 0 Å². The molecule has 17 heavy (non-hydrogen) atoms. The third-order valence-electron chi connectivity index (χ3n) is 2.59. The first-order chi connectivity index (χ1) is 8.15. The number of rotatable bonds is 1. The maximum Gasteiger partial charge on any atom is 0.345 e. The Bertz CT molecular complexity index is 619. The molecule has 0 fully saturated rings. The predicted molar refractivity (Wildman–Crippen MR) is 66.2 cm³/mol. The summed E-state index contributed by atoms with van der Waals surface area (Å²) < 4.78 is 13.1. The van der Waals surface area contributed by atoms with Gasteiger partial charge in [0.2, 0.25) is 0 Å². The summed E-state index contributed by atoms with van der Waals surface area (Å²) in [7, 11) is 0. The van der Waals surface area contributed by atoms with E-state index in [2.05, 4.69) is 0 Å². The minimum absolute atomic E-state index is 0.255. The van der Waals surface area contributed by atoms with Crippen LogP contribution in [0.1, 0.15) is 15.2 Å². The number of benzene rings is 1.